The number of hydrogen-bond acceptors (Lipinski definition) is 5. The highest BCUT2D eigenvalue weighted by Crippen LogP contribution is 2.24. The van der Waals surface area contributed by atoms with E-state index in [0.29, 0.717) is 30.4 Å². The van der Waals surface area contributed by atoms with Gasteiger partial charge in [-0.2, -0.15) is 5.10 Å². The first-order chi connectivity index (χ1) is 9.80. The number of rotatable bonds is 1. The monoisotopic (exact) mass is 312 g/mol. The molecule has 0 spiro atoms. The number of amides is 1. The Bertz CT molecular complexity index is 550. The van der Waals surface area contributed by atoms with Gasteiger partial charge in [0.05, 0.1) is 12.2 Å². The molecule has 0 fully saturated rings. The van der Waals surface area contributed by atoms with E-state index in [0.717, 1.165) is 11.3 Å². The number of carbonyl (C=O) groups is 1. The van der Waals surface area contributed by atoms with Crippen LogP contribution in [0.5, 0.6) is 0 Å². The van der Waals surface area contributed by atoms with E-state index in [1.54, 1.807) is 4.90 Å². The number of nitrogens with two attached hydrogens (primary N) is 1. The maximum atomic E-state index is 12.1. The third-order valence-corrected chi connectivity index (χ3v) is 3.17. The van der Waals surface area contributed by atoms with Gasteiger partial charge in [0.15, 0.2) is 10.9 Å². The van der Waals surface area contributed by atoms with E-state index in [9.17, 15) is 4.79 Å². The number of hydrazine groups is 1. The molecule has 0 aliphatic carbocycles. The highest BCUT2D eigenvalue weighted by molar-refractivity contribution is 7.80. The molecule has 1 aliphatic rings. The molecule has 0 bridgehead atoms. The van der Waals surface area contributed by atoms with Crippen LogP contribution in [0.15, 0.2) is 0 Å². The first-order valence-electron chi connectivity index (χ1n) is 6.62. The first kappa shape index (κ1) is 15.5. The number of ether oxygens (including phenoxy) is 1. The minimum absolute atomic E-state index is 0.291. The fourth-order valence-electron chi connectivity index (χ4n) is 2.05. The number of carbonyl (C=O) groups excluding carboxylic acids is 1. The fourth-order valence-corrected chi connectivity index (χ4v) is 2.14. The Morgan fingerprint density at radius 2 is 2.24 bits per heavy atom. The van der Waals surface area contributed by atoms with Crippen molar-refractivity contribution < 1.29 is 9.53 Å². The number of nitrogens with zero attached hydrogens (tertiary/aromatic N) is 2. The van der Waals surface area contributed by atoms with Gasteiger partial charge in [-0.15, -0.1) is 0 Å². The van der Waals surface area contributed by atoms with E-state index in [-0.39, 0.29) is 6.09 Å². The highest BCUT2D eigenvalue weighted by Gasteiger charge is 2.28. The topological polar surface area (TPSA) is 108 Å². The molecule has 1 aliphatic heterocycles. The Kier molecular flexibility index (Phi) is 4.33. The summed E-state index contributed by atoms with van der Waals surface area (Å²) in [6.45, 7) is 6.54. The molecule has 0 saturated heterocycles. The van der Waals surface area contributed by atoms with Gasteiger partial charge >= 0.3 is 6.09 Å². The number of anilines is 1. The van der Waals surface area contributed by atoms with Crippen molar-refractivity contribution in [2.24, 2.45) is 5.84 Å². The molecule has 21 heavy (non-hydrogen) atoms. The van der Waals surface area contributed by atoms with E-state index in [1.165, 1.54) is 0 Å². The van der Waals surface area contributed by atoms with Crippen LogP contribution in [0.2, 0.25) is 0 Å². The van der Waals surface area contributed by atoms with Crippen molar-refractivity contribution in [3.05, 3.63) is 11.3 Å². The lowest BCUT2D eigenvalue weighted by Gasteiger charge is -2.29. The fraction of sp³-hybridized carbons (Fsp3) is 0.583. The Hall–Kier alpha value is -1.87. The van der Waals surface area contributed by atoms with E-state index in [4.69, 9.17) is 22.8 Å². The summed E-state index contributed by atoms with van der Waals surface area (Å²) < 4.78 is 5.37. The lowest BCUT2D eigenvalue weighted by atomic mass is 10.1. The smallest absolute Gasteiger partial charge is 0.410 e. The zero-order valence-corrected chi connectivity index (χ0v) is 13.1. The summed E-state index contributed by atoms with van der Waals surface area (Å²) in [5.41, 5.74) is 3.72. The molecule has 1 aromatic rings. The highest BCUT2D eigenvalue weighted by atomic mass is 32.1. The van der Waals surface area contributed by atoms with Crippen LogP contribution in [-0.2, 0) is 17.7 Å². The average Bonchev–Trinajstić information content (AvgIpc) is 2.79. The second kappa shape index (κ2) is 5.86. The van der Waals surface area contributed by atoms with Crippen LogP contribution in [0.4, 0.5) is 10.6 Å². The zero-order chi connectivity index (χ0) is 15.6. The predicted octanol–water partition coefficient (Wildman–Crippen LogP) is 0.863. The number of aromatic nitrogens is 2. The quantitative estimate of drug-likeness (QED) is 0.346. The molecule has 2 rings (SSSR count). The van der Waals surface area contributed by atoms with Gasteiger partial charge in [-0.3, -0.25) is 5.10 Å². The van der Waals surface area contributed by atoms with Crippen LogP contribution in [0.25, 0.3) is 0 Å². The standard InChI is InChI=1S/C12H20N6O2S/c1-12(2,3)20-11(19)18-5-4-7-8(6-18)16-17-9(7)14-10(21)15-13/h4-6,13H2,1-3H3,(H3,14,15,16,17,21). The number of thiocarbonyl (C=S) groups is 1. The van der Waals surface area contributed by atoms with Crippen molar-refractivity contribution in [2.75, 3.05) is 11.9 Å². The Balaban J connectivity index is 2.05. The Morgan fingerprint density at radius 1 is 1.52 bits per heavy atom. The third-order valence-electron chi connectivity index (χ3n) is 2.95. The summed E-state index contributed by atoms with van der Waals surface area (Å²) in [4.78, 5) is 13.7. The molecule has 116 valence electrons. The molecule has 5 N–H and O–H groups in total. The zero-order valence-electron chi connectivity index (χ0n) is 12.3. The van der Waals surface area contributed by atoms with Gasteiger partial charge in [0.2, 0.25) is 0 Å². The first-order valence-corrected chi connectivity index (χ1v) is 7.02. The summed E-state index contributed by atoms with van der Waals surface area (Å²) >= 11 is 4.95. The summed E-state index contributed by atoms with van der Waals surface area (Å²) in [5.74, 6) is 5.86. The molecule has 0 saturated carbocycles. The van der Waals surface area contributed by atoms with Crippen LogP contribution in [0, 0.1) is 0 Å². The van der Waals surface area contributed by atoms with Crippen molar-refractivity contribution in [1.82, 2.24) is 20.5 Å². The summed E-state index contributed by atoms with van der Waals surface area (Å²) in [7, 11) is 0. The average molecular weight is 312 g/mol. The van der Waals surface area contributed by atoms with Crippen LogP contribution < -0.4 is 16.6 Å². The normalized spacial score (nSPS) is 14.4. The van der Waals surface area contributed by atoms with Gasteiger partial charge in [0.1, 0.15) is 5.60 Å². The minimum Gasteiger partial charge on any atom is -0.444 e. The maximum absolute atomic E-state index is 12.1. The van der Waals surface area contributed by atoms with Crippen molar-refractivity contribution in [3.63, 3.8) is 0 Å². The van der Waals surface area contributed by atoms with Crippen LogP contribution in [0.3, 0.4) is 0 Å². The van der Waals surface area contributed by atoms with Crippen LogP contribution in [0.1, 0.15) is 32.0 Å². The largest absolute Gasteiger partial charge is 0.444 e. The second-order valence-corrected chi connectivity index (χ2v) is 6.19. The number of fused-ring (bicyclic) bond motifs is 1. The molecule has 8 nitrogen and oxygen atoms in total. The molecular formula is C12H20N6O2S. The molecule has 0 radical (unpaired) electrons. The van der Waals surface area contributed by atoms with Gasteiger partial charge in [-0.25, -0.2) is 10.6 Å². The molecule has 1 aromatic heterocycles. The molecule has 0 aromatic carbocycles. The second-order valence-electron chi connectivity index (χ2n) is 5.78. The Labute approximate surface area is 128 Å². The van der Waals surface area contributed by atoms with Gasteiger partial charge in [0, 0.05) is 12.1 Å². The van der Waals surface area contributed by atoms with Crippen LogP contribution in [-0.4, -0.2) is 38.4 Å². The molecule has 0 atom stereocenters. The number of nitrogens with one attached hydrogen (secondary N) is 3. The van der Waals surface area contributed by atoms with E-state index in [2.05, 4.69) is 20.9 Å². The number of H-pyrrole nitrogens is 1. The van der Waals surface area contributed by atoms with Crippen molar-refractivity contribution >= 4 is 29.2 Å². The van der Waals surface area contributed by atoms with Crippen molar-refractivity contribution in [3.8, 4) is 0 Å². The molecule has 0 unspecified atom stereocenters. The van der Waals surface area contributed by atoms with E-state index in [1.807, 2.05) is 20.8 Å². The van der Waals surface area contributed by atoms with Crippen molar-refractivity contribution in [2.45, 2.75) is 39.3 Å². The molecule has 2 heterocycles. The van der Waals surface area contributed by atoms with Crippen LogP contribution >= 0.6 is 12.2 Å². The molecular weight excluding hydrogens is 292 g/mol. The summed E-state index contributed by atoms with van der Waals surface area (Å²) in [5, 5.41) is 10.3. The summed E-state index contributed by atoms with van der Waals surface area (Å²) in [6, 6.07) is 0. The van der Waals surface area contributed by atoms with Gasteiger partial charge in [-0.05, 0) is 39.4 Å². The van der Waals surface area contributed by atoms with Gasteiger partial charge < -0.3 is 20.4 Å². The number of aromatic amines is 1. The minimum atomic E-state index is -0.503. The maximum Gasteiger partial charge on any atom is 0.410 e. The predicted molar refractivity (Wildman–Crippen MR) is 82.5 cm³/mol. The van der Waals surface area contributed by atoms with Crippen molar-refractivity contribution in [1.29, 1.82) is 0 Å². The molecule has 1 amide bonds. The van der Waals surface area contributed by atoms with E-state index >= 15 is 0 Å². The van der Waals surface area contributed by atoms with Gasteiger partial charge in [0.25, 0.3) is 0 Å². The summed E-state index contributed by atoms with van der Waals surface area (Å²) in [6.07, 6.45) is 0.344. The lowest BCUT2D eigenvalue weighted by Crippen LogP contribution is -2.40. The number of hydrogen-bond donors (Lipinski definition) is 4. The van der Waals surface area contributed by atoms with E-state index < -0.39 is 5.60 Å². The third kappa shape index (κ3) is 3.82. The lowest BCUT2D eigenvalue weighted by molar-refractivity contribution is 0.0221. The molecule has 9 heteroatoms. The SMILES string of the molecule is CC(C)(C)OC(=O)N1CCc2c(NC(=S)NN)n[nH]c2C1. The Morgan fingerprint density at radius 3 is 2.86 bits per heavy atom. The van der Waals surface area contributed by atoms with Gasteiger partial charge in [-0.1, -0.05) is 0 Å².